The minimum atomic E-state index is 0.0313. The number of rotatable bonds is 16. The average Bonchev–Trinajstić information content (AvgIpc) is 2.86. The van der Waals surface area contributed by atoms with Crippen molar-refractivity contribution in [2.75, 3.05) is 41.0 Å². The zero-order chi connectivity index (χ0) is 23.9. The van der Waals surface area contributed by atoms with Crippen LogP contribution in [-0.4, -0.2) is 57.8 Å². The molecule has 1 heterocycles. The standard InChI is InChI=1S/C27H46N2O4/c1-5-6-7-8-9-10-11-12-13-14-15-16-23-21-28-17-18-29(23)27(30)22-19-24(31-2)26(33-4)25(20-22)32-3/h19-20,23,28H,5-18,21H2,1-4H3. The lowest BCUT2D eigenvalue weighted by molar-refractivity contribution is 0.0621. The summed E-state index contributed by atoms with van der Waals surface area (Å²) in [7, 11) is 4.72. The highest BCUT2D eigenvalue weighted by molar-refractivity contribution is 5.96. The third-order valence-electron chi connectivity index (χ3n) is 6.66. The van der Waals surface area contributed by atoms with Gasteiger partial charge in [0.15, 0.2) is 11.5 Å². The zero-order valence-electron chi connectivity index (χ0n) is 21.4. The second-order valence-electron chi connectivity index (χ2n) is 9.09. The molecule has 6 heteroatoms. The van der Waals surface area contributed by atoms with Crippen LogP contribution in [0.15, 0.2) is 12.1 Å². The van der Waals surface area contributed by atoms with Crippen LogP contribution in [0.1, 0.15) is 94.3 Å². The van der Waals surface area contributed by atoms with E-state index in [1.54, 1.807) is 33.5 Å². The number of nitrogens with one attached hydrogen (secondary N) is 1. The zero-order valence-corrected chi connectivity index (χ0v) is 21.4. The summed E-state index contributed by atoms with van der Waals surface area (Å²) in [6.07, 6.45) is 15.7. The first-order valence-electron chi connectivity index (χ1n) is 13.0. The molecule has 0 saturated carbocycles. The molecule has 188 valence electrons. The van der Waals surface area contributed by atoms with E-state index < -0.39 is 0 Å². The van der Waals surface area contributed by atoms with Crippen molar-refractivity contribution in [3.05, 3.63) is 17.7 Å². The average molecular weight is 463 g/mol. The van der Waals surface area contributed by atoms with E-state index in [2.05, 4.69) is 12.2 Å². The first kappa shape index (κ1) is 27.3. The third-order valence-corrected chi connectivity index (χ3v) is 6.66. The van der Waals surface area contributed by atoms with Crippen LogP contribution in [0.3, 0.4) is 0 Å². The molecule has 1 aromatic rings. The number of hydrogen-bond donors (Lipinski definition) is 1. The molecule has 0 spiro atoms. The van der Waals surface area contributed by atoms with E-state index in [1.807, 2.05) is 4.90 Å². The van der Waals surface area contributed by atoms with Gasteiger partial charge in [0.05, 0.1) is 21.3 Å². The lowest BCUT2D eigenvalue weighted by Gasteiger charge is -2.36. The fourth-order valence-electron chi connectivity index (χ4n) is 4.70. The molecule has 6 nitrogen and oxygen atoms in total. The van der Waals surface area contributed by atoms with Crippen molar-refractivity contribution in [3.63, 3.8) is 0 Å². The summed E-state index contributed by atoms with van der Waals surface area (Å²) in [5, 5.41) is 3.46. The number of ether oxygens (including phenoxy) is 3. The molecule has 1 amide bonds. The minimum absolute atomic E-state index is 0.0313. The molecule has 1 fully saturated rings. The predicted molar refractivity (Wildman–Crippen MR) is 135 cm³/mol. The summed E-state index contributed by atoms with van der Waals surface area (Å²) >= 11 is 0. The highest BCUT2D eigenvalue weighted by atomic mass is 16.5. The van der Waals surface area contributed by atoms with Gasteiger partial charge in [-0.15, -0.1) is 0 Å². The van der Waals surface area contributed by atoms with Crippen LogP contribution >= 0.6 is 0 Å². The van der Waals surface area contributed by atoms with E-state index in [4.69, 9.17) is 14.2 Å². The van der Waals surface area contributed by atoms with Crippen LogP contribution < -0.4 is 19.5 Å². The maximum absolute atomic E-state index is 13.4. The summed E-state index contributed by atoms with van der Waals surface area (Å²) in [5.41, 5.74) is 0.579. The van der Waals surface area contributed by atoms with Gasteiger partial charge in [-0.1, -0.05) is 77.6 Å². The van der Waals surface area contributed by atoms with Gasteiger partial charge in [-0.25, -0.2) is 0 Å². The molecular weight excluding hydrogens is 416 g/mol. The van der Waals surface area contributed by atoms with Gasteiger partial charge in [-0.2, -0.15) is 0 Å². The molecule has 1 saturated heterocycles. The molecule has 1 aliphatic heterocycles. The van der Waals surface area contributed by atoms with Crippen molar-refractivity contribution in [2.24, 2.45) is 0 Å². The molecule has 1 aromatic carbocycles. The molecular formula is C27H46N2O4. The normalized spacial score (nSPS) is 16.0. The van der Waals surface area contributed by atoms with Crippen molar-refractivity contribution in [2.45, 2.75) is 90.0 Å². The summed E-state index contributed by atoms with van der Waals surface area (Å²) in [4.78, 5) is 15.4. The van der Waals surface area contributed by atoms with E-state index in [0.29, 0.717) is 22.8 Å². The maximum atomic E-state index is 13.4. The maximum Gasteiger partial charge on any atom is 0.254 e. The Bertz CT molecular complexity index is 670. The number of unbranched alkanes of at least 4 members (excludes halogenated alkanes) is 10. The van der Waals surface area contributed by atoms with Crippen LogP contribution in [0.5, 0.6) is 17.2 Å². The fraction of sp³-hybridized carbons (Fsp3) is 0.741. The number of piperazine rings is 1. The summed E-state index contributed by atoms with van der Waals surface area (Å²) in [6.45, 7) is 4.67. The van der Waals surface area contributed by atoms with E-state index in [1.165, 1.54) is 70.6 Å². The monoisotopic (exact) mass is 462 g/mol. The van der Waals surface area contributed by atoms with Gasteiger partial charge in [-0.3, -0.25) is 4.79 Å². The highest BCUT2D eigenvalue weighted by Gasteiger charge is 2.28. The number of hydrogen-bond acceptors (Lipinski definition) is 5. The van der Waals surface area contributed by atoms with E-state index in [-0.39, 0.29) is 11.9 Å². The fourth-order valence-corrected chi connectivity index (χ4v) is 4.70. The quantitative estimate of drug-likeness (QED) is 0.313. The first-order chi connectivity index (χ1) is 16.2. The molecule has 0 aliphatic carbocycles. The predicted octanol–water partition coefficient (Wildman–Crippen LogP) is 5.83. The Hall–Kier alpha value is -1.95. The lowest BCUT2D eigenvalue weighted by atomic mass is 10.0. The van der Waals surface area contributed by atoms with Gasteiger partial charge >= 0.3 is 0 Å². The second-order valence-corrected chi connectivity index (χ2v) is 9.09. The number of amides is 1. The number of methoxy groups -OCH3 is 3. The van der Waals surface area contributed by atoms with E-state index >= 15 is 0 Å². The minimum Gasteiger partial charge on any atom is -0.493 e. The van der Waals surface area contributed by atoms with Crippen LogP contribution in [0.4, 0.5) is 0 Å². The Morgan fingerprint density at radius 3 is 1.94 bits per heavy atom. The summed E-state index contributed by atoms with van der Waals surface area (Å²) in [6, 6.07) is 3.74. The van der Waals surface area contributed by atoms with E-state index in [0.717, 1.165) is 26.1 Å². The van der Waals surface area contributed by atoms with Crippen molar-refractivity contribution < 1.29 is 19.0 Å². The molecule has 1 aliphatic rings. The van der Waals surface area contributed by atoms with Gasteiger partial charge in [0.25, 0.3) is 5.91 Å². The molecule has 1 atom stereocenters. The number of benzene rings is 1. The van der Waals surface area contributed by atoms with E-state index in [9.17, 15) is 4.79 Å². The smallest absolute Gasteiger partial charge is 0.254 e. The van der Waals surface area contributed by atoms with Crippen LogP contribution in [0, 0.1) is 0 Å². The Balaban J connectivity index is 1.81. The Morgan fingerprint density at radius 2 is 1.42 bits per heavy atom. The van der Waals surface area contributed by atoms with Crippen molar-refractivity contribution in [1.29, 1.82) is 0 Å². The van der Waals surface area contributed by atoms with Gasteiger partial charge in [0.2, 0.25) is 5.75 Å². The van der Waals surface area contributed by atoms with Crippen LogP contribution in [0.25, 0.3) is 0 Å². The Morgan fingerprint density at radius 1 is 0.879 bits per heavy atom. The largest absolute Gasteiger partial charge is 0.493 e. The molecule has 0 radical (unpaired) electrons. The van der Waals surface area contributed by atoms with Crippen molar-refractivity contribution >= 4 is 5.91 Å². The number of carbonyl (C=O) groups excluding carboxylic acids is 1. The van der Waals surface area contributed by atoms with Gasteiger partial charge in [0, 0.05) is 31.2 Å². The SMILES string of the molecule is CCCCCCCCCCCCCC1CNCCN1C(=O)c1cc(OC)c(OC)c(OC)c1. The first-order valence-corrected chi connectivity index (χ1v) is 13.0. The van der Waals surface area contributed by atoms with Crippen molar-refractivity contribution in [3.8, 4) is 17.2 Å². The molecule has 33 heavy (non-hydrogen) atoms. The van der Waals surface area contributed by atoms with Crippen LogP contribution in [-0.2, 0) is 0 Å². The summed E-state index contributed by atoms with van der Waals surface area (Å²) in [5.74, 6) is 1.56. The molecule has 0 bridgehead atoms. The Labute approximate surface area is 201 Å². The van der Waals surface area contributed by atoms with Gasteiger partial charge in [-0.05, 0) is 18.6 Å². The Kier molecular flexibility index (Phi) is 13.1. The topological polar surface area (TPSA) is 60.0 Å². The second kappa shape index (κ2) is 15.8. The third kappa shape index (κ3) is 8.73. The molecule has 2 rings (SSSR count). The number of carbonyl (C=O) groups is 1. The molecule has 1 N–H and O–H groups in total. The number of nitrogens with zero attached hydrogens (tertiary/aromatic N) is 1. The van der Waals surface area contributed by atoms with Gasteiger partial charge < -0.3 is 24.4 Å². The molecule has 0 aromatic heterocycles. The highest BCUT2D eigenvalue weighted by Crippen LogP contribution is 2.38. The lowest BCUT2D eigenvalue weighted by Crippen LogP contribution is -2.53. The molecule has 1 unspecified atom stereocenters. The van der Waals surface area contributed by atoms with Crippen molar-refractivity contribution in [1.82, 2.24) is 10.2 Å². The van der Waals surface area contributed by atoms with Gasteiger partial charge in [0.1, 0.15) is 0 Å². The summed E-state index contributed by atoms with van der Waals surface area (Å²) < 4.78 is 16.3. The van der Waals surface area contributed by atoms with Crippen LogP contribution in [0.2, 0.25) is 0 Å².